The molecule has 1 aliphatic heterocycles. The minimum atomic E-state index is -0.325. The van der Waals surface area contributed by atoms with Crippen molar-refractivity contribution >= 4 is 38.5 Å². The normalized spacial score (nSPS) is 14.8. The molecule has 1 aliphatic rings. The molecule has 102 valence electrons. The molecular weight excluding hydrogens is 322 g/mol. The number of rotatable bonds is 2. The molecule has 2 amide bonds. The highest BCUT2D eigenvalue weighted by Gasteiger charge is 2.32. The molecule has 0 saturated heterocycles. The Kier molecular flexibility index (Phi) is 3.31. The third kappa shape index (κ3) is 1.94. The van der Waals surface area contributed by atoms with E-state index in [0.717, 1.165) is 25.7 Å². The summed E-state index contributed by atoms with van der Waals surface area (Å²) in [5.74, 6) is -0.590. The fourth-order valence-electron chi connectivity index (χ4n) is 2.61. The molecule has 1 heterocycles. The predicted octanol–water partition coefficient (Wildman–Crippen LogP) is 2.12. The molecule has 2 aromatic rings. The molecule has 2 aromatic carbocycles. The van der Waals surface area contributed by atoms with E-state index in [1.807, 2.05) is 30.3 Å². The maximum Gasteiger partial charge on any atom is 0.261 e. The first-order chi connectivity index (χ1) is 9.63. The number of amides is 2. The van der Waals surface area contributed by atoms with Gasteiger partial charge in [-0.1, -0.05) is 40.2 Å². The summed E-state index contributed by atoms with van der Waals surface area (Å²) in [4.78, 5) is 25.6. The number of aliphatic hydroxyl groups excluding tert-OH is 1. The number of hydrogen-bond donors (Lipinski definition) is 1. The van der Waals surface area contributed by atoms with Crippen LogP contribution in [0.3, 0.4) is 0 Å². The van der Waals surface area contributed by atoms with E-state index in [-0.39, 0.29) is 31.4 Å². The van der Waals surface area contributed by atoms with Gasteiger partial charge in [-0.2, -0.15) is 0 Å². The average Bonchev–Trinajstić information content (AvgIpc) is 2.43. The smallest absolute Gasteiger partial charge is 0.261 e. The van der Waals surface area contributed by atoms with Crippen molar-refractivity contribution in [2.75, 3.05) is 13.2 Å². The maximum atomic E-state index is 12.5. The summed E-state index contributed by atoms with van der Waals surface area (Å²) >= 11 is 3.49. The Hall–Kier alpha value is -1.72. The van der Waals surface area contributed by atoms with Crippen LogP contribution in [0.1, 0.15) is 15.9 Å². The molecular formula is C15H12BrNO3. The number of hydrogen-bond acceptors (Lipinski definition) is 3. The van der Waals surface area contributed by atoms with E-state index >= 15 is 0 Å². The number of halogens is 1. The largest absolute Gasteiger partial charge is 0.395 e. The van der Waals surface area contributed by atoms with Gasteiger partial charge < -0.3 is 5.11 Å². The minimum absolute atomic E-state index is 0.0432. The van der Waals surface area contributed by atoms with Gasteiger partial charge in [0.25, 0.3) is 5.91 Å². The van der Waals surface area contributed by atoms with Crippen molar-refractivity contribution in [2.45, 2.75) is 6.42 Å². The monoisotopic (exact) mass is 333 g/mol. The summed E-state index contributed by atoms with van der Waals surface area (Å²) in [5, 5.41) is 10.8. The van der Waals surface area contributed by atoms with Crippen LogP contribution < -0.4 is 0 Å². The van der Waals surface area contributed by atoms with Gasteiger partial charge in [-0.15, -0.1) is 0 Å². The fraction of sp³-hybridized carbons (Fsp3) is 0.200. The van der Waals surface area contributed by atoms with Crippen LogP contribution in [0, 0.1) is 0 Å². The lowest BCUT2D eigenvalue weighted by molar-refractivity contribution is -0.128. The highest BCUT2D eigenvalue weighted by Crippen LogP contribution is 2.33. The van der Waals surface area contributed by atoms with Crippen LogP contribution in [-0.4, -0.2) is 35.0 Å². The van der Waals surface area contributed by atoms with E-state index in [2.05, 4.69) is 15.9 Å². The zero-order valence-electron chi connectivity index (χ0n) is 10.6. The first kappa shape index (κ1) is 13.3. The van der Waals surface area contributed by atoms with Gasteiger partial charge in [-0.3, -0.25) is 14.5 Å². The molecule has 4 nitrogen and oxygen atoms in total. The van der Waals surface area contributed by atoms with Crippen molar-refractivity contribution in [2.24, 2.45) is 0 Å². The molecule has 1 N–H and O–H groups in total. The Labute approximate surface area is 124 Å². The van der Waals surface area contributed by atoms with Crippen LogP contribution in [0.4, 0.5) is 0 Å². The van der Waals surface area contributed by atoms with E-state index < -0.39 is 0 Å². The Morgan fingerprint density at radius 2 is 1.90 bits per heavy atom. The van der Waals surface area contributed by atoms with E-state index in [1.165, 1.54) is 0 Å². The summed E-state index contributed by atoms with van der Waals surface area (Å²) in [6.07, 6.45) is 0.185. The molecule has 0 bridgehead atoms. The van der Waals surface area contributed by atoms with Crippen LogP contribution in [-0.2, 0) is 11.2 Å². The predicted molar refractivity (Wildman–Crippen MR) is 78.5 cm³/mol. The zero-order valence-corrected chi connectivity index (χ0v) is 12.2. The highest BCUT2D eigenvalue weighted by molar-refractivity contribution is 9.10. The second-order valence-electron chi connectivity index (χ2n) is 4.69. The van der Waals surface area contributed by atoms with Gasteiger partial charge in [0.15, 0.2) is 0 Å². The van der Waals surface area contributed by atoms with Crippen molar-refractivity contribution < 1.29 is 14.7 Å². The van der Waals surface area contributed by atoms with Gasteiger partial charge in [-0.25, -0.2) is 0 Å². The standard InChI is InChI=1S/C15H12BrNO3/c16-12-7-9-8-13(19)17(5-6-18)15(20)14(9)11-4-2-1-3-10(11)12/h1-4,7,18H,5-6,8H2. The van der Waals surface area contributed by atoms with E-state index in [9.17, 15) is 9.59 Å². The lowest BCUT2D eigenvalue weighted by Crippen LogP contribution is -2.43. The number of imide groups is 1. The third-order valence-corrected chi connectivity index (χ3v) is 4.16. The van der Waals surface area contributed by atoms with Gasteiger partial charge in [0, 0.05) is 4.47 Å². The van der Waals surface area contributed by atoms with Crippen molar-refractivity contribution in [1.82, 2.24) is 4.90 Å². The molecule has 3 rings (SSSR count). The number of carbonyl (C=O) groups excluding carboxylic acids is 2. The second-order valence-corrected chi connectivity index (χ2v) is 5.54. The lowest BCUT2D eigenvalue weighted by atomic mass is 9.93. The average molecular weight is 334 g/mol. The Morgan fingerprint density at radius 3 is 2.60 bits per heavy atom. The Morgan fingerprint density at radius 1 is 1.20 bits per heavy atom. The number of benzene rings is 2. The molecule has 0 radical (unpaired) electrons. The third-order valence-electron chi connectivity index (χ3n) is 3.50. The summed E-state index contributed by atoms with van der Waals surface area (Å²) in [6, 6.07) is 9.42. The van der Waals surface area contributed by atoms with E-state index in [1.54, 1.807) is 0 Å². The minimum Gasteiger partial charge on any atom is -0.395 e. The first-order valence-electron chi connectivity index (χ1n) is 6.29. The fourth-order valence-corrected chi connectivity index (χ4v) is 3.23. The highest BCUT2D eigenvalue weighted by atomic mass is 79.9. The molecule has 0 saturated carbocycles. The van der Waals surface area contributed by atoms with E-state index in [4.69, 9.17) is 5.11 Å². The molecule has 0 aliphatic carbocycles. The topological polar surface area (TPSA) is 57.6 Å². The van der Waals surface area contributed by atoms with Crippen molar-refractivity contribution in [3.63, 3.8) is 0 Å². The maximum absolute atomic E-state index is 12.5. The Bertz CT molecular complexity index is 726. The van der Waals surface area contributed by atoms with Crippen molar-refractivity contribution in [3.05, 3.63) is 45.9 Å². The van der Waals surface area contributed by atoms with E-state index in [0.29, 0.717) is 5.56 Å². The van der Waals surface area contributed by atoms with Gasteiger partial charge in [0.1, 0.15) is 0 Å². The number of carbonyl (C=O) groups is 2. The quantitative estimate of drug-likeness (QED) is 0.856. The SMILES string of the molecule is O=C1Cc2cc(Br)c3ccccc3c2C(=O)N1CCO. The summed E-state index contributed by atoms with van der Waals surface area (Å²) in [7, 11) is 0. The molecule has 0 unspecified atom stereocenters. The van der Waals surface area contributed by atoms with Gasteiger partial charge in [-0.05, 0) is 22.4 Å². The molecule has 0 atom stereocenters. The Balaban J connectivity index is 2.27. The lowest BCUT2D eigenvalue weighted by Gasteiger charge is -2.27. The summed E-state index contributed by atoms with van der Waals surface area (Å²) in [6.45, 7) is -0.178. The molecule has 0 spiro atoms. The number of β-amino-alcohol motifs (C(OH)–C–C–N with tert-alkyl or cyclic N) is 1. The number of aliphatic hydroxyl groups is 1. The molecule has 0 fully saturated rings. The zero-order chi connectivity index (χ0) is 14.3. The van der Waals surface area contributed by atoms with Gasteiger partial charge in [0.2, 0.25) is 5.91 Å². The number of fused-ring (bicyclic) bond motifs is 3. The van der Waals surface area contributed by atoms with Crippen LogP contribution in [0.15, 0.2) is 34.8 Å². The molecule has 20 heavy (non-hydrogen) atoms. The van der Waals surface area contributed by atoms with Crippen LogP contribution in [0.5, 0.6) is 0 Å². The first-order valence-corrected chi connectivity index (χ1v) is 7.08. The van der Waals surface area contributed by atoms with Crippen LogP contribution in [0.25, 0.3) is 10.8 Å². The summed E-state index contributed by atoms with van der Waals surface area (Å²) < 4.78 is 0.878. The van der Waals surface area contributed by atoms with Crippen LogP contribution >= 0.6 is 15.9 Å². The second kappa shape index (κ2) is 5.00. The molecule has 5 heteroatoms. The van der Waals surface area contributed by atoms with Crippen LogP contribution in [0.2, 0.25) is 0 Å². The van der Waals surface area contributed by atoms with Crippen molar-refractivity contribution in [3.8, 4) is 0 Å². The molecule has 0 aromatic heterocycles. The summed E-state index contributed by atoms with van der Waals surface area (Å²) in [5.41, 5.74) is 1.30. The number of nitrogens with zero attached hydrogens (tertiary/aromatic N) is 1. The van der Waals surface area contributed by atoms with Gasteiger partial charge >= 0.3 is 0 Å². The van der Waals surface area contributed by atoms with Gasteiger partial charge in [0.05, 0.1) is 25.1 Å². The van der Waals surface area contributed by atoms with Crippen molar-refractivity contribution in [1.29, 1.82) is 0 Å².